The van der Waals surface area contributed by atoms with Gasteiger partial charge in [-0.2, -0.15) is 13.2 Å². The van der Waals surface area contributed by atoms with Gasteiger partial charge in [0, 0.05) is 24.3 Å². The van der Waals surface area contributed by atoms with E-state index < -0.39 is 18.0 Å². The molecule has 0 radical (unpaired) electrons. The van der Waals surface area contributed by atoms with Crippen LogP contribution in [0.3, 0.4) is 0 Å². The summed E-state index contributed by atoms with van der Waals surface area (Å²) in [5.74, 6) is -3.07. The molecule has 11 heteroatoms. The van der Waals surface area contributed by atoms with Gasteiger partial charge < -0.3 is 19.5 Å². The van der Waals surface area contributed by atoms with Crippen LogP contribution >= 0.6 is 0 Å². The summed E-state index contributed by atoms with van der Waals surface area (Å²) in [7, 11) is 0. The van der Waals surface area contributed by atoms with Crippen molar-refractivity contribution in [2.45, 2.75) is 25.1 Å². The molecule has 33 heavy (non-hydrogen) atoms. The van der Waals surface area contributed by atoms with Gasteiger partial charge in [0.15, 0.2) is 5.82 Å². The van der Waals surface area contributed by atoms with E-state index in [0.717, 1.165) is 17.5 Å². The van der Waals surface area contributed by atoms with E-state index >= 15 is 0 Å². The van der Waals surface area contributed by atoms with Gasteiger partial charge in [-0.15, -0.1) is 0 Å². The zero-order chi connectivity index (χ0) is 24.2. The van der Waals surface area contributed by atoms with Crippen LogP contribution in [0.25, 0.3) is 0 Å². The third-order valence-corrected chi connectivity index (χ3v) is 5.57. The molecular weight excluding hydrogens is 448 g/mol. The maximum Gasteiger partial charge on any atom is 0.490 e. The quantitative estimate of drug-likeness (QED) is 0.689. The highest BCUT2D eigenvalue weighted by molar-refractivity contribution is 5.96. The van der Waals surface area contributed by atoms with E-state index in [1.165, 1.54) is 18.3 Å². The van der Waals surface area contributed by atoms with Gasteiger partial charge in [0.2, 0.25) is 5.88 Å². The van der Waals surface area contributed by atoms with Crippen LogP contribution in [-0.4, -0.2) is 64.9 Å². The molecule has 2 aliphatic rings. The molecule has 0 aliphatic carbocycles. The van der Waals surface area contributed by atoms with Gasteiger partial charge in [0.05, 0.1) is 19.7 Å². The van der Waals surface area contributed by atoms with E-state index in [0.29, 0.717) is 26.3 Å². The highest BCUT2D eigenvalue weighted by atomic mass is 19.4. The summed E-state index contributed by atoms with van der Waals surface area (Å²) >= 11 is 0. The third-order valence-electron chi connectivity index (χ3n) is 5.57. The van der Waals surface area contributed by atoms with E-state index in [1.807, 2.05) is 36.1 Å². The number of aromatic nitrogens is 1. The lowest BCUT2D eigenvalue weighted by atomic mass is 9.81. The number of pyridine rings is 1. The Morgan fingerprint density at radius 1 is 1.24 bits per heavy atom. The molecule has 1 spiro atoms. The Hall–Kier alpha value is -3.21. The number of benzene rings is 1. The van der Waals surface area contributed by atoms with Crippen molar-refractivity contribution in [1.82, 2.24) is 9.88 Å². The number of aryl methyl sites for hydroxylation is 1. The fraction of sp³-hybridized carbons (Fsp3) is 0.409. The molecule has 7 nitrogen and oxygen atoms in total. The Balaban J connectivity index is 0.000000383. The van der Waals surface area contributed by atoms with Crippen molar-refractivity contribution >= 4 is 11.9 Å². The lowest BCUT2D eigenvalue weighted by molar-refractivity contribution is -0.192. The first kappa shape index (κ1) is 24.4. The van der Waals surface area contributed by atoms with E-state index in [2.05, 4.69) is 4.98 Å². The second kappa shape index (κ2) is 9.74. The van der Waals surface area contributed by atoms with Gasteiger partial charge >= 0.3 is 12.1 Å². The SMILES string of the molecule is Cc1ccccc1C(=O)N1CC2(C1)OCCC2COc1ncccc1F.O=C(O)C(F)(F)F. The summed E-state index contributed by atoms with van der Waals surface area (Å²) in [6.07, 6.45) is -2.74. The van der Waals surface area contributed by atoms with E-state index in [-0.39, 0.29) is 23.3 Å². The van der Waals surface area contributed by atoms with Gasteiger partial charge in [-0.3, -0.25) is 4.79 Å². The first-order chi connectivity index (χ1) is 15.5. The highest BCUT2D eigenvalue weighted by Crippen LogP contribution is 2.41. The number of amides is 1. The van der Waals surface area contributed by atoms with Crippen LogP contribution in [0.4, 0.5) is 17.6 Å². The molecule has 0 saturated carbocycles. The second-order valence-electron chi connectivity index (χ2n) is 7.78. The number of carboxylic acid groups (broad SMARTS) is 1. The van der Waals surface area contributed by atoms with E-state index in [4.69, 9.17) is 19.4 Å². The third kappa shape index (κ3) is 5.59. The molecule has 2 saturated heterocycles. The van der Waals surface area contributed by atoms with Crippen LogP contribution in [0.5, 0.6) is 5.88 Å². The lowest BCUT2D eigenvalue weighted by Crippen LogP contribution is -2.66. The molecule has 2 aromatic rings. The van der Waals surface area contributed by atoms with Crippen LogP contribution in [-0.2, 0) is 9.53 Å². The molecule has 2 aliphatic heterocycles. The highest BCUT2D eigenvalue weighted by Gasteiger charge is 2.55. The van der Waals surface area contributed by atoms with Crippen LogP contribution in [0.1, 0.15) is 22.3 Å². The van der Waals surface area contributed by atoms with Gasteiger partial charge in [-0.25, -0.2) is 14.2 Å². The second-order valence-corrected chi connectivity index (χ2v) is 7.78. The number of rotatable bonds is 4. The number of hydrogen-bond acceptors (Lipinski definition) is 5. The molecule has 178 valence electrons. The molecule has 1 atom stereocenters. The normalized spacial score (nSPS) is 18.8. The summed E-state index contributed by atoms with van der Waals surface area (Å²) < 4.78 is 57.0. The minimum atomic E-state index is -5.08. The first-order valence-electron chi connectivity index (χ1n) is 10.1. The Kier molecular flexibility index (Phi) is 7.21. The monoisotopic (exact) mass is 470 g/mol. The maximum atomic E-state index is 13.7. The Morgan fingerprint density at radius 2 is 1.91 bits per heavy atom. The van der Waals surface area contributed by atoms with Gasteiger partial charge in [0.25, 0.3) is 5.91 Å². The van der Waals surface area contributed by atoms with Crippen molar-refractivity contribution in [3.8, 4) is 5.88 Å². The standard InChI is InChI=1S/C20H21FN2O3.C2HF3O2/c1-14-5-2-3-6-16(14)19(24)23-12-20(13-23)15(8-10-26-20)11-25-18-17(21)7-4-9-22-18;3-2(4,5)1(6)7/h2-7,9,15H,8,10-13H2,1H3;(H,6,7). The fourth-order valence-electron chi connectivity index (χ4n) is 3.75. The van der Waals surface area contributed by atoms with Crippen LogP contribution in [0.15, 0.2) is 42.6 Å². The zero-order valence-corrected chi connectivity index (χ0v) is 17.6. The van der Waals surface area contributed by atoms with Gasteiger partial charge in [-0.1, -0.05) is 18.2 Å². The van der Waals surface area contributed by atoms with Crippen LogP contribution in [0, 0.1) is 18.7 Å². The molecule has 1 N–H and O–H groups in total. The summed E-state index contributed by atoms with van der Waals surface area (Å²) in [6.45, 7) is 3.98. The molecule has 0 bridgehead atoms. The van der Waals surface area contributed by atoms with Crippen molar-refractivity contribution in [2.24, 2.45) is 5.92 Å². The minimum Gasteiger partial charge on any atom is -0.475 e. The van der Waals surface area contributed by atoms with Gasteiger partial charge in [-0.05, 0) is 37.1 Å². The minimum absolute atomic E-state index is 0.0155. The largest absolute Gasteiger partial charge is 0.490 e. The van der Waals surface area contributed by atoms with E-state index in [9.17, 15) is 22.4 Å². The number of nitrogens with zero attached hydrogens (tertiary/aromatic N) is 2. The average molecular weight is 470 g/mol. The molecule has 2 fully saturated rings. The summed E-state index contributed by atoms with van der Waals surface area (Å²) in [5, 5.41) is 7.12. The molecule has 1 unspecified atom stereocenters. The van der Waals surface area contributed by atoms with Crippen LogP contribution < -0.4 is 4.74 Å². The molecule has 1 aromatic heterocycles. The Bertz CT molecular complexity index is 1010. The van der Waals surface area contributed by atoms with Crippen LogP contribution in [0.2, 0.25) is 0 Å². The van der Waals surface area contributed by atoms with Gasteiger partial charge in [0.1, 0.15) is 5.60 Å². The molecule has 4 rings (SSSR count). The summed E-state index contributed by atoms with van der Waals surface area (Å²) in [5.41, 5.74) is 1.31. The molecular formula is C22H22F4N2O5. The Morgan fingerprint density at radius 3 is 2.52 bits per heavy atom. The van der Waals surface area contributed by atoms with Crippen molar-refractivity contribution < 1.29 is 41.7 Å². The number of carbonyl (C=O) groups excluding carboxylic acids is 1. The number of halogens is 4. The number of carbonyl (C=O) groups is 2. The van der Waals surface area contributed by atoms with Crippen molar-refractivity contribution in [1.29, 1.82) is 0 Å². The molecule has 3 heterocycles. The smallest absolute Gasteiger partial charge is 0.475 e. The fourth-order valence-corrected chi connectivity index (χ4v) is 3.75. The summed E-state index contributed by atoms with van der Waals surface area (Å²) in [4.78, 5) is 27.3. The maximum absolute atomic E-state index is 13.7. The predicted octanol–water partition coefficient (Wildman–Crippen LogP) is 3.47. The zero-order valence-electron chi connectivity index (χ0n) is 17.6. The average Bonchev–Trinajstić information content (AvgIpc) is 3.16. The number of hydrogen-bond donors (Lipinski definition) is 1. The van der Waals surface area contributed by atoms with E-state index in [1.54, 1.807) is 0 Å². The Labute approximate surface area is 186 Å². The predicted molar refractivity (Wildman–Crippen MR) is 107 cm³/mol. The number of likely N-dealkylation sites (tertiary alicyclic amines) is 1. The number of aliphatic carboxylic acids is 1. The number of carboxylic acids is 1. The van der Waals surface area contributed by atoms with Crippen molar-refractivity contribution in [3.63, 3.8) is 0 Å². The molecule has 1 aromatic carbocycles. The number of alkyl halides is 3. The lowest BCUT2D eigenvalue weighted by Gasteiger charge is -2.50. The first-order valence-corrected chi connectivity index (χ1v) is 10.1. The number of ether oxygens (including phenoxy) is 2. The van der Waals surface area contributed by atoms with Crippen molar-refractivity contribution in [2.75, 3.05) is 26.3 Å². The van der Waals surface area contributed by atoms with Crippen molar-refractivity contribution in [3.05, 3.63) is 59.5 Å². The summed E-state index contributed by atoms with van der Waals surface area (Å²) in [6, 6.07) is 10.4. The topological polar surface area (TPSA) is 89.0 Å². The molecule has 1 amide bonds.